The molecule has 2 aromatic heterocycles. The van der Waals surface area contributed by atoms with E-state index in [0.717, 1.165) is 12.4 Å². The highest BCUT2D eigenvalue weighted by atomic mass is 16.4. The summed E-state index contributed by atoms with van der Waals surface area (Å²) < 4.78 is 1.88. The van der Waals surface area contributed by atoms with Crippen molar-refractivity contribution in [3.05, 3.63) is 30.0 Å². The molecule has 2 aromatic rings. The van der Waals surface area contributed by atoms with Crippen LogP contribution in [0.25, 0.3) is 0 Å². The number of nitrogen functional groups attached to an aromatic ring is 1. The number of aryl methyl sites for hydroxylation is 1. The van der Waals surface area contributed by atoms with Crippen LogP contribution in [0.5, 0.6) is 0 Å². The predicted octanol–water partition coefficient (Wildman–Crippen LogP) is 0.586. The van der Waals surface area contributed by atoms with Gasteiger partial charge in [0.15, 0.2) is 5.82 Å². The topological polar surface area (TPSA) is 119 Å². The van der Waals surface area contributed by atoms with Gasteiger partial charge in [0.2, 0.25) is 0 Å². The van der Waals surface area contributed by atoms with Crippen molar-refractivity contribution >= 4 is 17.5 Å². The molecule has 8 nitrogen and oxygen atoms in total. The number of carboxylic acids is 1. The highest BCUT2D eigenvalue weighted by molar-refractivity contribution is 5.94. The molecule has 0 atom stereocenters. The van der Waals surface area contributed by atoms with E-state index in [-0.39, 0.29) is 11.3 Å². The van der Waals surface area contributed by atoms with E-state index in [1.54, 1.807) is 6.33 Å². The second kappa shape index (κ2) is 5.34. The number of hydrogen-bond donors (Lipinski definition) is 3. The monoisotopic (exact) mass is 262 g/mol. The Morgan fingerprint density at radius 3 is 3.05 bits per heavy atom. The average molecular weight is 262 g/mol. The van der Waals surface area contributed by atoms with Crippen LogP contribution in [0.4, 0.5) is 11.5 Å². The Morgan fingerprint density at radius 2 is 2.37 bits per heavy atom. The lowest BCUT2D eigenvalue weighted by molar-refractivity contribution is 0.0698. The van der Waals surface area contributed by atoms with Gasteiger partial charge in [-0.3, -0.25) is 0 Å². The van der Waals surface area contributed by atoms with Crippen molar-refractivity contribution in [1.82, 2.24) is 19.7 Å². The number of carbonyl (C=O) groups is 1. The normalized spacial score (nSPS) is 10.4. The van der Waals surface area contributed by atoms with Gasteiger partial charge in [-0.15, -0.1) is 10.2 Å². The second-order valence-corrected chi connectivity index (χ2v) is 3.85. The molecular weight excluding hydrogens is 248 g/mol. The summed E-state index contributed by atoms with van der Waals surface area (Å²) in [4.78, 5) is 15.0. The summed E-state index contributed by atoms with van der Waals surface area (Å²) in [7, 11) is 0. The van der Waals surface area contributed by atoms with Gasteiger partial charge in [0, 0.05) is 6.54 Å². The first-order chi connectivity index (χ1) is 9.11. The lowest BCUT2D eigenvalue weighted by Gasteiger charge is -2.08. The Hall–Kier alpha value is -2.64. The maximum absolute atomic E-state index is 10.9. The molecule has 0 aliphatic rings. The van der Waals surface area contributed by atoms with Crippen molar-refractivity contribution in [1.29, 1.82) is 0 Å². The zero-order valence-corrected chi connectivity index (χ0v) is 10.4. The second-order valence-electron chi connectivity index (χ2n) is 3.85. The molecule has 0 spiro atoms. The molecule has 0 radical (unpaired) electrons. The summed E-state index contributed by atoms with van der Waals surface area (Å²) in [6.07, 6.45) is 2.95. The zero-order chi connectivity index (χ0) is 13.8. The molecule has 0 aliphatic carbocycles. The highest BCUT2D eigenvalue weighted by Crippen LogP contribution is 2.15. The molecule has 0 aromatic carbocycles. The largest absolute Gasteiger partial charge is 0.478 e. The Kier molecular flexibility index (Phi) is 3.60. The van der Waals surface area contributed by atoms with Crippen LogP contribution in [0.3, 0.4) is 0 Å². The summed E-state index contributed by atoms with van der Waals surface area (Å²) in [5, 5.41) is 19.7. The van der Waals surface area contributed by atoms with Gasteiger partial charge in [-0.25, -0.2) is 9.78 Å². The van der Waals surface area contributed by atoms with Crippen molar-refractivity contribution in [3.8, 4) is 0 Å². The molecule has 19 heavy (non-hydrogen) atoms. The zero-order valence-electron chi connectivity index (χ0n) is 10.4. The molecule has 0 saturated carbocycles. The number of carboxylic acid groups (broad SMARTS) is 1. The highest BCUT2D eigenvalue weighted by Gasteiger charge is 2.10. The Balaban J connectivity index is 2.12. The van der Waals surface area contributed by atoms with Crippen molar-refractivity contribution in [2.24, 2.45) is 0 Å². The van der Waals surface area contributed by atoms with Gasteiger partial charge >= 0.3 is 5.97 Å². The van der Waals surface area contributed by atoms with Gasteiger partial charge in [-0.2, -0.15) is 0 Å². The SMILES string of the molecule is CCn1cnnc1CNc1cc(C(=O)O)c(N)cn1. The van der Waals surface area contributed by atoms with Gasteiger partial charge in [-0.05, 0) is 13.0 Å². The van der Waals surface area contributed by atoms with E-state index in [1.807, 2.05) is 11.5 Å². The van der Waals surface area contributed by atoms with Gasteiger partial charge in [0.05, 0.1) is 24.0 Å². The lowest BCUT2D eigenvalue weighted by atomic mass is 10.2. The molecule has 0 aliphatic heterocycles. The minimum Gasteiger partial charge on any atom is -0.478 e. The summed E-state index contributed by atoms with van der Waals surface area (Å²) in [5.41, 5.74) is 5.69. The van der Waals surface area contributed by atoms with Crippen LogP contribution >= 0.6 is 0 Å². The minimum atomic E-state index is -1.08. The molecule has 0 saturated heterocycles. The molecule has 0 amide bonds. The first-order valence-corrected chi connectivity index (χ1v) is 5.71. The van der Waals surface area contributed by atoms with E-state index in [2.05, 4.69) is 20.5 Å². The van der Waals surface area contributed by atoms with Crippen LogP contribution in [0.2, 0.25) is 0 Å². The number of nitrogens with two attached hydrogens (primary N) is 1. The van der Waals surface area contributed by atoms with Crippen LogP contribution in [-0.4, -0.2) is 30.8 Å². The van der Waals surface area contributed by atoms with Crippen LogP contribution in [0.1, 0.15) is 23.1 Å². The first-order valence-electron chi connectivity index (χ1n) is 5.71. The minimum absolute atomic E-state index is 0.0226. The number of nitrogens with zero attached hydrogens (tertiary/aromatic N) is 4. The first kappa shape index (κ1) is 12.8. The Labute approximate surface area is 109 Å². The fourth-order valence-corrected chi connectivity index (χ4v) is 1.60. The average Bonchev–Trinajstić information content (AvgIpc) is 2.84. The maximum atomic E-state index is 10.9. The molecular formula is C11H14N6O2. The molecule has 0 unspecified atom stereocenters. The summed E-state index contributed by atoms with van der Waals surface area (Å²) >= 11 is 0. The van der Waals surface area contributed by atoms with Crippen LogP contribution in [0.15, 0.2) is 18.6 Å². The number of hydrogen-bond acceptors (Lipinski definition) is 6. The number of pyridine rings is 1. The summed E-state index contributed by atoms with van der Waals surface area (Å²) in [6.45, 7) is 3.15. The third-order valence-electron chi connectivity index (χ3n) is 2.63. The molecule has 100 valence electrons. The molecule has 0 fully saturated rings. The van der Waals surface area contributed by atoms with Gasteiger partial charge in [0.25, 0.3) is 0 Å². The molecule has 2 heterocycles. The third-order valence-corrected chi connectivity index (χ3v) is 2.63. The quantitative estimate of drug-likeness (QED) is 0.721. The Morgan fingerprint density at radius 1 is 1.58 bits per heavy atom. The van der Waals surface area contributed by atoms with Crippen molar-refractivity contribution in [3.63, 3.8) is 0 Å². The number of nitrogens with one attached hydrogen (secondary N) is 1. The van der Waals surface area contributed by atoms with E-state index < -0.39 is 5.97 Å². The van der Waals surface area contributed by atoms with E-state index in [4.69, 9.17) is 10.8 Å². The summed E-state index contributed by atoms with van der Waals surface area (Å²) in [5.74, 6) is 0.0925. The van der Waals surface area contributed by atoms with Crippen LogP contribution < -0.4 is 11.1 Å². The van der Waals surface area contributed by atoms with Crippen molar-refractivity contribution in [2.75, 3.05) is 11.1 Å². The van der Waals surface area contributed by atoms with Gasteiger partial charge in [0.1, 0.15) is 12.1 Å². The lowest BCUT2D eigenvalue weighted by Crippen LogP contribution is -2.10. The van der Waals surface area contributed by atoms with Crippen molar-refractivity contribution < 1.29 is 9.90 Å². The van der Waals surface area contributed by atoms with Gasteiger partial charge < -0.3 is 20.7 Å². The number of aromatic carboxylic acids is 1. The fourth-order valence-electron chi connectivity index (χ4n) is 1.60. The molecule has 2 rings (SSSR count). The fraction of sp³-hybridized carbons (Fsp3) is 0.273. The van der Waals surface area contributed by atoms with E-state index in [0.29, 0.717) is 12.4 Å². The molecule has 4 N–H and O–H groups in total. The Bertz CT molecular complexity index is 595. The van der Waals surface area contributed by atoms with E-state index >= 15 is 0 Å². The van der Waals surface area contributed by atoms with Crippen LogP contribution in [-0.2, 0) is 13.1 Å². The molecule has 8 heteroatoms. The number of anilines is 2. The molecule has 0 bridgehead atoms. The smallest absolute Gasteiger partial charge is 0.337 e. The van der Waals surface area contributed by atoms with Crippen molar-refractivity contribution in [2.45, 2.75) is 20.0 Å². The van der Waals surface area contributed by atoms with Gasteiger partial charge in [-0.1, -0.05) is 0 Å². The predicted molar refractivity (Wildman–Crippen MR) is 68.6 cm³/mol. The van der Waals surface area contributed by atoms with E-state index in [1.165, 1.54) is 12.3 Å². The standard InChI is InChI=1S/C11H14N6O2/c1-2-17-6-15-16-10(17)5-14-9-3-7(11(18)19)8(12)4-13-9/h3-4,6H,2,5,12H2,1H3,(H,13,14)(H,18,19). The van der Waals surface area contributed by atoms with E-state index in [9.17, 15) is 4.79 Å². The third kappa shape index (κ3) is 2.79. The summed E-state index contributed by atoms with van der Waals surface area (Å²) in [6, 6.07) is 1.39. The maximum Gasteiger partial charge on any atom is 0.337 e. The van der Waals surface area contributed by atoms with Crippen LogP contribution in [0, 0.1) is 0 Å². The number of rotatable bonds is 5. The number of aromatic nitrogens is 4.